The molecule has 1 aromatic heterocycles. The van der Waals surface area contributed by atoms with Crippen LogP contribution in [0.2, 0.25) is 0 Å². The molecule has 0 saturated carbocycles. The molecule has 0 amide bonds. The Morgan fingerprint density at radius 2 is 1.87 bits per heavy atom. The Labute approximate surface area is 179 Å². The van der Waals surface area contributed by atoms with E-state index in [1.807, 2.05) is 12.1 Å². The number of hydrogen-bond donors (Lipinski definition) is 1. The van der Waals surface area contributed by atoms with Gasteiger partial charge in [-0.3, -0.25) is 0 Å². The number of hydrogen-bond acceptors (Lipinski definition) is 3. The maximum absolute atomic E-state index is 11.3. The zero-order valence-electron chi connectivity index (χ0n) is 18.1. The lowest BCUT2D eigenvalue weighted by atomic mass is 10.0. The first-order valence-electron chi connectivity index (χ1n) is 11.0. The van der Waals surface area contributed by atoms with E-state index in [1.54, 1.807) is 6.20 Å². The van der Waals surface area contributed by atoms with Crippen LogP contribution in [0.4, 0.5) is 0 Å². The molecule has 3 rings (SSSR count). The van der Waals surface area contributed by atoms with Gasteiger partial charge in [0.15, 0.2) is 0 Å². The zero-order valence-corrected chi connectivity index (χ0v) is 18.1. The van der Waals surface area contributed by atoms with Gasteiger partial charge >= 0.3 is 5.69 Å². The van der Waals surface area contributed by atoms with Crippen molar-refractivity contribution in [2.24, 2.45) is 0 Å². The number of H-pyrrole nitrogens is 1. The summed E-state index contributed by atoms with van der Waals surface area (Å²) in [4.78, 5) is 17.9. The van der Waals surface area contributed by atoms with Crippen LogP contribution in [0.1, 0.15) is 57.9 Å². The Bertz CT molecular complexity index is 1010. The topological polar surface area (TPSA) is 55.0 Å². The van der Waals surface area contributed by atoms with Gasteiger partial charge < -0.3 is 9.72 Å². The average molecular weight is 405 g/mol. The van der Waals surface area contributed by atoms with Crippen molar-refractivity contribution >= 4 is 17.0 Å². The van der Waals surface area contributed by atoms with Gasteiger partial charge in [0.25, 0.3) is 0 Å². The molecule has 1 N–H and O–H groups in total. The van der Waals surface area contributed by atoms with Crippen LogP contribution in [0.15, 0.2) is 59.5 Å². The van der Waals surface area contributed by atoms with Crippen molar-refractivity contribution in [2.75, 3.05) is 6.61 Å². The van der Waals surface area contributed by atoms with Crippen molar-refractivity contribution in [1.82, 2.24) is 9.97 Å². The van der Waals surface area contributed by atoms with Gasteiger partial charge in [0.2, 0.25) is 0 Å². The number of aromatic amines is 1. The van der Waals surface area contributed by atoms with Crippen molar-refractivity contribution in [3.63, 3.8) is 0 Å². The molecule has 1 atom stereocenters. The molecule has 0 radical (unpaired) electrons. The molecule has 3 aromatic rings. The van der Waals surface area contributed by atoms with Crippen LogP contribution in [0, 0.1) is 0 Å². The van der Waals surface area contributed by atoms with E-state index in [-0.39, 0.29) is 5.69 Å². The minimum Gasteiger partial charge on any atom is -0.379 e. The lowest BCUT2D eigenvalue weighted by Crippen LogP contribution is -2.08. The second kappa shape index (κ2) is 11.5. The Hall–Kier alpha value is -2.72. The fourth-order valence-electron chi connectivity index (χ4n) is 3.49. The number of nitrogens with zero attached hydrogens (tertiary/aromatic N) is 1. The highest BCUT2D eigenvalue weighted by molar-refractivity contribution is 5.83. The van der Waals surface area contributed by atoms with E-state index in [0.717, 1.165) is 47.9 Å². The molecular formula is C26H32N2O2. The summed E-state index contributed by atoms with van der Waals surface area (Å²) in [6.07, 6.45) is 13.4. The normalized spacial score (nSPS) is 12.6. The van der Waals surface area contributed by atoms with E-state index in [4.69, 9.17) is 4.74 Å². The predicted molar refractivity (Wildman–Crippen MR) is 126 cm³/mol. The maximum Gasteiger partial charge on any atom is 0.345 e. The van der Waals surface area contributed by atoms with Gasteiger partial charge in [0.1, 0.15) is 0 Å². The molecule has 0 saturated heterocycles. The summed E-state index contributed by atoms with van der Waals surface area (Å²) in [6.45, 7) is 5.28. The summed E-state index contributed by atoms with van der Waals surface area (Å²) in [5.41, 5.74) is 3.95. The highest BCUT2D eigenvalue weighted by atomic mass is 16.5. The predicted octanol–water partition coefficient (Wildman–Crippen LogP) is 6.37. The molecule has 4 nitrogen and oxygen atoms in total. The largest absolute Gasteiger partial charge is 0.379 e. The van der Waals surface area contributed by atoms with Crippen LogP contribution in [0.5, 0.6) is 0 Å². The average Bonchev–Trinajstić information content (AvgIpc) is 2.76. The molecule has 0 spiro atoms. The van der Waals surface area contributed by atoms with Crippen LogP contribution in [0.25, 0.3) is 28.1 Å². The standard InChI is InChI=1S/C26H32N2O2/c1-3-4-8-17-30-20(2)9-6-5-7-10-21-11-13-22(14-12-21)23-15-16-25-24(18-23)19-27-26(29)28-25/h7,10-16,18-20H,3-6,8-9,17H2,1-2H3,(H,27,28,29)/b10-7+. The number of aromatic nitrogens is 2. The molecule has 30 heavy (non-hydrogen) atoms. The minimum atomic E-state index is -0.319. The van der Waals surface area contributed by atoms with Crippen molar-refractivity contribution in [1.29, 1.82) is 0 Å². The van der Waals surface area contributed by atoms with E-state index in [0.29, 0.717) is 6.10 Å². The van der Waals surface area contributed by atoms with Gasteiger partial charge in [-0.15, -0.1) is 0 Å². The maximum atomic E-state index is 11.3. The molecule has 1 unspecified atom stereocenters. The van der Waals surface area contributed by atoms with Crippen molar-refractivity contribution in [3.8, 4) is 11.1 Å². The van der Waals surface area contributed by atoms with Gasteiger partial charge in [-0.2, -0.15) is 0 Å². The molecule has 1 heterocycles. The fourth-order valence-corrected chi connectivity index (χ4v) is 3.49. The Morgan fingerprint density at radius 3 is 2.67 bits per heavy atom. The van der Waals surface area contributed by atoms with E-state index in [2.05, 4.69) is 66.3 Å². The number of nitrogens with one attached hydrogen (secondary N) is 1. The molecule has 158 valence electrons. The zero-order chi connectivity index (χ0) is 21.2. The summed E-state index contributed by atoms with van der Waals surface area (Å²) in [5.74, 6) is 0. The number of unbranched alkanes of at least 4 members (excludes halogenated alkanes) is 3. The third-order valence-corrected chi connectivity index (χ3v) is 5.30. The van der Waals surface area contributed by atoms with Crippen LogP contribution < -0.4 is 5.69 Å². The van der Waals surface area contributed by atoms with E-state index in [1.165, 1.54) is 24.8 Å². The first kappa shape index (κ1) is 22.0. The molecule has 0 fully saturated rings. The molecule has 0 bridgehead atoms. The Kier molecular flexibility index (Phi) is 8.40. The lowest BCUT2D eigenvalue weighted by Gasteiger charge is -2.12. The monoisotopic (exact) mass is 404 g/mol. The van der Waals surface area contributed by atoms with Crippen LogP contribution in [-0.2, 0) is 4.74 Å². The summed E-state index contributed by atoms with van der Waals surface area (Å²) in [7, 11) is 0. The second-order valence-corrected chi connectivity index (χ2v) is 7.83. The number of allylic oxidation sites excluding steroid dienone is 1. The highest BCUT2D eigenvalue weighted by Crippen LogP contribution is 2.23. The van der Waals surface area contributed by atoms with Crippen molar-refractivity contribution in [3.05, 3.63) is 70.8 Å². The van der Waals surface area contributed by atoms with Gasteiger partial charge in [-0.1, -0.05) is 62.2 Å². The minimum absolute atomic E-state index is 0.319. The second-order valence-electron chi connectivity index (χ2n) is 7.83. The van der Waals surface area contributed by atoms with Gasteiger partial charge in [0, 0.05) is 18.2 Å². The number of benzene rings is 2. The quantitative estimate of drug-likeness (QED) is 0.378. The highest BCUT2D eigenvalue weighted by Gasteiger charge is 2.02. The van der Waals surface area contributed by atoms with Crippen LogP contribution in [-0.4, -0.2) is 22.7 Å². The first-order valence-corrected chi connectivity index (χ1v) is 11.0. The molecular weight excluding hydrogens is 372 g/mol. The van der Waals surface area contributed by atoms with Crippen LogP contribution >= 0.6 is 0 Å². The van der Waals surface area contributed by atoms with Crippen molar-refractivity contribution < 1.29 is 4.74 Å². The van der Waals surface area contributed by atoms with Gasteiger partial charge in [-0.05, 0) is 61.4 Å². The first-order chi connectivity index (χ1) is 14.7. The van der Waals surface area contributed by atoms with Gasteiger partial charge in [0.05, 0.1) is 11.6 Å². The molecule has 4 heteroatoms. The molecule has 0 aliphatic carbocycles. The van der Waals surface area contributed by atoms with E-state index < -0.39 is 0 Å². The fraction of sp³-hybridized carbons (Fsp3) is 0.385. The number of ether oxygens (including phenoxy) is 1. The number of fused-ring (bicyclic) bond motifs is 1. The SMILES string of the molecule is CCCCCOC(C)CCC/C=C/c1ccc(-c2ccc3[nH]c(=O)ncc3c2)cc1. The Balaban J connectivity index is 1.47. The lowest BCUT2D eigenvalue weighted by molar-refractivity contribution is 0.0566. The molecule has 0 aliphatic heterocycles. The third-order valence-electron chi connectivity index (χ3n) is 5.30. The van der Waals surface area contributed by atoms with E-state index in [9.17, 15) is 4.79 Å². The molecule has 2 aromatic carbocycles. The van der Waals surface area contributed by atoms with Crippen LogP contribution in [0.3, 0.4) is 0 Å². The van der Waals surface area contributed by atoms with Gasteiger partial charge in [-0.25, -0.2) is 9.78 Å². The summed E-state index contributed by atoms with van der Waals surface area (Å²) < 4.78 is 5.85. The third kappa shape index (κ3) is 6.67. The number of rotatable bonds is 11. The summed E-state index contributed by atoms with van der Waals surface area (Å²) >= 11 is 0. The summed E-state index contributed by atoms with van der Waals surface area (Å²) in [6, 6.07) is 14.5. The smallest absolute Gasteiger partial charge is 0.345 e. The molecule has 0 aliphatic rings. The Morgan fingerprint density at radius 1 is 1.07 bits per heavy atom. The van der Waals surface area contributed by atoms with Crippen molar-refractivity contribution in [2.45, 2.75) is 58.5 Å². The summed E-state index contributed by atoms with van der Waals surface area (Å²) in [5, 5.41) is 0.930. The van der Waals surface area contributed by atoms with E-state index >= 15 is 0 Å².